The molecule has 5 atom stereocenters. The number of hydrogen-bond donors (Lipinski definition) is 2. The molecule has 1 aromatic carbocycles. The number of guanidine groups is 1. The fourth-order valence-corrected chi connectivity index (χ4v) is 6.14. The molecule has 2 aromatic rings. The van der Waals surface area contributed by atoms with Crippen molar-refractivity contribution in [3.05, 3.63) is 59.9 Å². The van der Waals surface area contributed by atoms with E-state index >= 15 is 0 Å². The van der Waals surface area contributed by atoms with Crippen molar-refractivity contribution in [3.63, 3.8) is 0 Å². The topological polar surface area (TPSA) is 110 Å². The number of hydrogen-bond acceptors (Lipinski definition) is 6. The zero-order chi connectivity index (χ0) is 28.3. The molecule has 0 unspecified atom stereocenters. The van der Waals surface area contributed by atoms with E-state index in [9.17, 15) is 22.8 Å². The Kier molecular flexibility index (Phi) is 6.38. The number of rotatable bonds is 5. The molecule has 3 heterocycles. The molecule has 0 bridgehead atoms. The number of carbonyl (C=O) groups excluding carboxylic acids is 2. The minimum absolute atomic E-state index is 0.0679. The van der Waals surface area contributed by atoms with Crippen LogP contribution in [-0.2, 0) is 9.59 Å². The Labute approximate surface area is 224 Å². The normalized spacial score (nSPS) is 28.0. The van der Waals surface area contributed by atoms with Gasteiger partial charge < -0.3 is 15.8 Å². The molecule has 0 spiro atoms. The second kappa shape index (κ2) is 9.24. The number of aromatic nitrogens is 1. The van der Waals surface area contributed by atoms with Gasteiger partial charge >= 0.3 is 6.18 Å². The van der Waals surface area contributed by atoms with E-state index in [1.54, 1.807) is 36.7 Å². The van der Waals surface area contributed by atoms with Crippen LogP contribution in [0.4, 0.5) is 13.2 Å². The Morgan fingerprint density at radius 2 is 1.90 bits per heavy atom. The van der Waals surface area contributed by atoms with Crippen LogP contribution >= 0.6 is 0 Å². The van der Waals surface area contributed by atoms with Crippen molar-refractivity contribution in [1.82, 2.24) is 15.2 Å². The van der Waals surface area contributed by atoms with Gasteiger partial charge in [-0.2, -0.15) is 13.2 Å². The molecule has 8 nitrogen and oxygen atoms in total. The summed E-state index contributed by atoms with van der Waals surface area (Å²) in [5, 5.41) is 2.87. The summed E-state index contributed by atoms with van der Waals surface area (Å²) >= 11 is 0. The summed E-state index contributed by atoms with van der Waals surface area (Å²) in [6.07, 6.45) is -3.66. The van der Waals surface area contributed by atoms with Crippen LogP contribution < -0.4 is 15.8 Å². The molecule has 3 N–H and O–H groups in total. The number of ether oxygens (including phenoxy) is 1. The lowest BCUT2D eigenvalue weighted by atomic mass is 9.93. The van der Waals surface area contributed by atoms with E-state index in [0.717, 1.165) is 0 Å². The van der Waals surface area contributed by atoms with Crippen LogP contribution in [0.15, 0.2) is 53.8 Å². The molecule has 208 valence electrons. The van der Waals surface area contributed by atoms with Gasteiger partial charge in [0.15, 0.2) is 12.1 Å². The smallest absolute Gasteiger partial charge is 0.425 e. The standard InChI is InChI=1S/C28H32F3N5O3/c1-26(2)13-20(37)36(25(32)35-26)23(15-8-7-11-33-14-15)21-22(27(21,3)4)24(38)34-17-12-19(28(29,30)31)39-18-10-6-5-9-16(17)18/h5-11,14,17,19,21-23H,12-13H2,1-4H3,(H2,32,35)(H,34,38)/t17-,19+,21+,22+,23+/m0/s1. The quantitative estimate of drug-likeness (QED) is 0.585. The number of carbonyl (C=O) groups is 2. The Balaban J connectivity index is 1.46. The van der Waals surface area contributed by atoms with Gasteiger partial charge in [-0.15, -0.1) is 0 Å². The van der Waals surface area contributed by atoms with Crippen LogP contribution in [0.2, 0.25) is 0 Å². The first-order valence-electron chi connectivity index (χ1n) is 12.9. The number of benzene rings is 1. The van der Waals surface area contributed by atoms with E-state index in [2.05, 4.69) is 15.3 Å². The van der Waals surface area contributed by atoms with Crippen molar-refractivity contribution in [2.75, 3.05) is 0 Å². The maximum absolute atomic E-state index is 13.7. The van der Waals surface area contributed by atoms with Crippen LogP contribution in [-0.4, -0.2) is 45.5 Å². The Morgan fingerprint density at radius 1 is 1.18 bits per heavy atom. The van der Waals surface area contributed by atoms with Crippen LogP contribution in [0.25, 0.3) is 0 Å². The summed E-state index contributed by atoms with van der Waals surface area (Å²) in [7, 11) is 0. The molecule has 1 aliphatic carbocycles. The van der Waals surface area contributed by atoms with E-state index < -0.39 is 47.7 Å². The van der Waals surface area contributed by atoms with E-state index in [4.69, 9.17) is 10.5 Å². The van der Waals surface area contributed by atoms with E-state index in [-0.39, 0.29) is 35.9 Å². The summed E-state index contributed by atoms with van der Waals surface area (Å²) in [4.78, 5) is 37.3. The van der Waals surface area contributed by atoms with Gasteiger partial charge in [0.1, 0.15) is 5.75 Å². The van der Waals surface area contributed by atoms with Gasteiger partial charge in [-0.05, 0) is 37.0 Å². The third kappa shape index (κ3) is 4.94. The van der Waals surface area contributed by atoms with Crippen molar-refractivity contribution < 1.29 is 27.5 Å². The maximum Gasteiger partial charge on any atom is 0.425 e. The molecule has 1 saturated carbocycles. The molecule has 3 aliphatic rings. The molecule has 11 heteroatoms. The monoisotopic (exact) mass is 543 g/mol. The SMILES string of the molecule is CC1(C)CC(=O)N([C@H](c2cccnc2)[C@H]2[C@H](C(=O)N[C@H]3C[C@H](C(F)(F)F)Oc4ccccc43)C2(C)C)C(N)=N1. The fourth-order valence-electron chi connectivity index (χ4n) is 6.14. The summed E-state index contributed by atoms with van der Waals surface area (Å²) in [5.41, 5.74) is 6.28. The number of amides is 2. The number of pyridine rings is 1. The first-order chi connectivity index (χ1) is 18.2. The number of nitrogens with zero attached hydrogens (tertiary/aromatic N) is 3. The molecule has 1 fully saturated rings. The van der Waals surface area contributed by atoms with Crippen LogP contribution in [0.5, 0.6) is 5.75 Å². The minimum atomic E-state index is -4.58. The molecular formula is C28H32F3N5O3. The Bertz CT molecular complexity index is 1310. The predicted molar refractivity (Wildman–Crippen MR) is 137 cm³/mol. The highest BCUT2D eigenvalue weighted by Gasteiger charge is 2.67. The number of para-hydroxylation sites is 1. The summed E-state index contributed by atoms with van der Waals surface area (Å²) < 4.78 is 46.1. The molecule has 2 amide bonds. The van der Waals surface area contributed by atoms with Crippen molar-refractivity contribution in [2.45, 2.75) is 70.4 Å². The zero-order valence-corrected chi connectivity index (χ0v) is 22.2. The molecule has 2 aliphatic heterocycles. The summed E-state index contributed by atoms with van der Waals surface area (Å²) in [6, 6.07) is 8.49. The summed E-state index contributed by atoms with van der Waals surface area (Å²) in [6.45, 7) is 7.47. The molecule has 0 saturated heterocycles. The van der Waals surface area contributed by atoms with Crippen LogP contribution in [0.1, 0.15) is 63.7 Å². The number of nitrogens with one attached hydrogen (secondary N) is 1. The van der Waals surface area contributed by atoms with Gasteiger partial charge in [-0.25, -0.2) is 4.99 Å². The van der Waals surface area contributed by atoms with E-state index in [1.807, 2.05) is 33.8 Å². The van der Waals surface area contributed by atoms with Crippen molar-refractivity contribution in [2.24, 2.45) is 28.0 Å². The van der Waals surface area contributed by atoms with Gasteiger partial charge in [-0.1, -0.05) is 38.1 Å². The van der Waals surface area contributed by atoms with Crippen molar-refractivity contribution in [1.29, 1.82) is 0 Å². The molecular weight excluding hydrogens is 511 g/mol. The lowest BCUT2D eigenvalue weighted by Crippen LogP contribution is -2.52. The van der Waals surface area contributed by atoms with Gasteiger partial charge in [0.25, 0.3) is 0 Å². The minimum Gasteiger partial charge on any atom is -0.480 e. The molecule has 39 heavy (non-hydrogen) atoms. The number of halogens is 3. The fraction of sp³-hybridized carbons (Fsp3) is 0.500. The van der Waals surface area contributed by atoms with Gasteiger partial charge in [0, 0.05) is 36.2 Å². The highest BCUT2D eigenvalue weighted by molar-refractivity contribution is 5.99. The number of fused-ring (bicyclic) bond motifs is 1. The third-order valence-corrected chi connectivity index (χ3v) is 8.05. The van der Waals surface area contributed by atoms with E-state index in [0.29, 0.717) is 11.1 Å². The summed E-state index contributed by atoms with van der Waals surface area (Å²) in [5.74, 6) is -1.41. The number of nitrogens with two attached hydrogens (primary N) is 1. The predicted octanol–water partition coefficient (Wildman–Crippen LogP) is 4.29. The Morgan fingerprint density at radius 3 is 2.54 bits per heavy atom. The van der Waals surface area contributed by atoms with Crippen LogP contribution in [0.3, 0.4) is 0 Å². The van der Waals surface area contributed by atoms with Gasteiger partial charge in [-0.3, -0.25) is 19.5 Å². The largest absolute Gasteiger partial charge is 0.480 e. The molecule has 1 aromatic heterocycles. The molecule has 0 radical (unpaired) electrons. The second-order valence-corrected chi connectivity index (χ2v) is 11.8. The van der Waals surface area contributed by atoms with Gasteiger partial charge in [0.2, 0.25) is 11.8 Å². The lowest BCUT2D eigenvalue weighted by Gasteiger charge is -2.38. The van der Waals surface area contributed by atoms with Crippen molar-refractivity contribution >= 4 is 17.8 Å². The first-order valence-corrected chi connectivity index (χ1v) is 12.9. The van der Waals surface area contributed by atoms with Crippen LogP contribution in [0, 0.1) is 17.3 Å². The number of aliphatic imine (C=N–C) groups is 1. The second-order valence-electron chi connectivity index (χ2n) is 11.8. The zero-order valence-electron chi connectivity index (χ0n) is 22.2. The first kappa shape index (κ1) is 27.0. The van der Waals surface area contributed by atoms with E-state index in [1.165, 1.54) is 11.0 Å². The lowest BCUT2D eigenvalue weighted by molar-refractivity contribution is -0.201. The van der Waals surface area contributed by atoms with Gasteiger partial charge in [0.05, 0.1) is 24.0 Å². The third-order valence-electron chi connectivity index (χ3n) is 8.05. The van der Waals surface area contributed by atoms with Crippen molar-refractivity contribution in [3.8, 4) is 5.75 Å². The highest BCUT2D eigenvalue weighted by Crippen LogP contribution is 2.65. The number of alkyl halides is 3. The maximum atomic E-state index is 13.7. The average molecular weight is 544 g/mol. The highest BCUT2D eigenvalue weighted by atomic mass is 19.4. The average Bonchev–Trinajstić information content (AvgIpc) is 3.41. The molecule has 5 rings (SSSR count). The Hall–Kier alpha value is -3.63.